The largest absolute Gasteiger partial charge is 0.494 e. The standard InChI is InChI=1S/C19H33NO2/c1-7-9-16(20)17(21)10-12(3)19-13(4)11-18(22-8-2)14(5)15(19)6/h11-12,16-17,21H,7-10,20H2,1-6H3. The van der Waals surface area contributed by atoms with E-state index >= 15 is 0 Å². The molecule has 1 aromatic rings. The van der Waals surface area contributed by atoms with Gasteiger partial charge < -0.3 is 15.6 Å². The lowest BCUT2D eigenvalue weighted by Gasteiger charge is -2.25. The van der Waals surface area contributed by atoms with Crippen LogP contribution in [0.5, 0.6) is 5.75 Å². The van der Waals surface area contributed by atoms with Crippen LogP contribution in [0, 0.1) is 20.8 Å². The van der Waals surface area contributed by atoms with Crippen molar-refractivity contribution in [3.63, 3.8) is 0 Å². The van der Waals surface area contributed by atoms with Gasteiger partial charge >= 0.3 is 0 Å². The lowest BCUT2D eigenvalue weighted by molar-refractivity contribution is 0.124. The SMILES string of the molecule is CCCC(N)C(O)CC(C)c1c(C)cc(OCC)c(C)c1C. The Morgan fingerprint density at radius 3 is 2.36 bits per heavy atom. The zero-order chi connectivity index (χ0) is 16.9. The van der Waals surface area contributed by atoms with E-state index in [0.717, 1.165) is 18.6 Å². The van der Waals surface area contributed by atoms with E-state index in [1.807, 2.05) is 6.92 Å². The highest BCUT2D eigenvalue weighted by atomic mass is 16.5. The Morgan fingerprint density at radius 1 is 1.18 bits per heavy atom. The minimum Gasteiger partial charge on any atom is -0.494 e. The number of rotatable bonds is 8. The average Bonchev–Trinajstić information content (AvgIpc) is 2.45. The molecule has 0 aromatic heterocycles. The van der Waals surface area contributed by atoms with Gasteiger partial charge in [0.25, 0.3) is 0 Å². The van der Waals surface area contributed by atoms with Gasteiger partial charge in [0.1, 0.15) is 5.75 Å². The molecule has 0 saturated carbocycles. The second-order valence-electron chi connectivity index (χ2n) is 6.44. The smallest absolute Gasteiger partial charge is 0.122 e. The molecule has 3 unspecified atom stereocenters. The Balaban J connectivity index is 2.98. The monoisotopic (exact) mass is 307 g/mol. The molecule has 3 nitrogen and oxygen atoms in total. The van der Waals surface area contributed by atoms with E-state index in [0.29, 0.717) is 13.0 Å². The van der Waals surface area contributed by atoms with Crippen LogP contribution in [-0.4, -0.2) is 23.9 Å². The van der Waals surface area contributed by atoms with E-state index in [4.69, 9.17) is 10.5 Å². The number of aliphatic hydroxyl groups is 1. The Hall–Kier alpha value is -1.06. The number of hydrogen-bond acceptors (Lipinski definition) is 3. The molecule has 3 heteroatoms. The minimum absolute atomic E-state index is 0.128. The molecule has 0 aliphatic heterocycles. The summed E-state index contributed by atoms with van der Waals surface area (Å²) in [5.74, 6) is 1.25. The second-order valence-corrected chi connectivity index (χ2v) is 6.44. The molecule has 0 radical (unpaired) electrons. The molecular weight excluding hydrogens is 274 g/mol. The molecule has 1 rings (SSSR count). The molecule has 0 heterocycles. The van der Waals surface area contributed by atoms with E-state index in [-0.39, 0.29) is 12.0 Å². The fraction of sp³-hybridized carbons (Fsp3) is 0.684. The van der Waals surface area contributed by atoms with Crippen LogP contribution in [-0.2, 0) is 0 Å². The second kappa shape index (κ2) is 8.54. The van der Waals surface area contributed by atoms with Gasteiger partial charge in [-0.2, -0.15) is 0 Å². The van der Waals surface area contributed by atoms with Gasteiger partial charge in [0.05, 0.1) is 12.7 Å². The number of aliphatic hydroxyl groups excluding tert-OH is 1. The van der Waals surface area contributed by atoms with Crippen LogP contribution in [0.1, 0.15) is 68.2 Å². The maximum atomic E-state index is 10.3. The van der Waals surface area contributed by atoms with Crippen LogP contribution >= 0.6 is 0 Å². The van der Waals surface area contributed by atoms with Crippen molar-refractivity contribution < 1.29 is 9.84 Å². The molecule has 3 atom stereocenters. The summed E-state index contributed by atoms with van der Waals surface area (Å²) in [6.45, 7) is 13.3. The minimum atomic E-state index is -0.444. The van der Waals surface area contributed by atoms with Crippen LogP contribution in [0.15, 0.2) is 6.07 Å². The van der Waals surface area contributed by atoms with Gasteiger partial charge in [0, 0.05) is 6.04 Å². The van der Waals surface area contributed by atoms with E-state index in [1.54, 1.807) is 0 Å². The Bertz CT molecular complexity index is 485. The summed E-state index contributed by atoms with van der Waals surface area (Å²) < 4.78 is 5.71. The number of aryl methyl sites for hydroxylation is 1. The Morgan fingerprint density at radius 2 is 1.82 bits per heavy atom. The molecule has 126 valence electrons. The fourth-order valence-electron chi connectivity index (χ4n) is 3.31. The van der Waals surface area contributed by atoms with Gasteiger partial charge in [0.2, 0.25) is 0 Å². The van der Waals surface area contributed by atoms with Gasteiger partial charge in [-0.05, 0) is 74.8 Å². The molecule has 0 bridgehead atoms. The quantitative estimate of drug-likeness (QED) is 0.763. The van der Waals surface area contributed by atoms with Crippen molar-refractivity contribution in [1.82, 2.24) is 0 Å². The summed E-state index contributed by atoms with van der Waals surface area (Å²) in [7, 11) is 0. The lowest BCUT2D eigenvalue weighted by Crippen LogP contribution is -2.35. The van der Waals surface area contributed by atoms with Crippen LogP contribution in [0.4, 0.5) is 0 Å². The van der Waals surface area contributed by atoms with Crippen LogP contribution < -0.4 is 10.5 Å². The third-order valence-electron chi connectivity index (χ3n) is 4.61. The summed E-state index contributed by atoms with van der Waals surface area (Å²) in [5.41, 5.74) is 11.1. The first-order chi connectivity index (χ1) is 10.3. The molecule has 0 fully saturated rings. The average molecular weight is 307 g/mol. The number of nitrogens with two attached hydrogens (primary N) is 1. The van der Waals surface area contributed by atoms with Crippen molar-refractivity contribution in [1.29, 1.82) is 0 Å². The van der Waals surface area contributed by atoms with Crippen molar-refractivity contribution in [2.45, 2.75) is 78.9 Å². The van der Waals surface area contributed by atoms with Crippen LogP contribution in [0.3, 0.4) is 0 Å². The molecular formula is C19H33NO2. The highest BCUT2D eigenvalue weighted by Gasteiger charge is 2.22. The van der Waals surface area contributed by atoms with Crippen molar-refractivity contribution in [3.05, 3.63) is 28.3 Å². The fourth-order valence-corrected chi connectivity index (χ4v) is 3.31. The van der Waals surface area contributed by atoms with E-state index in [2.05, 4.69) is 40.7 Å². The normalized spacial score (nSPS) is 15.5. The highest BCUT2D eigenvalue weighted by molar-refractivity contribution is 5.49. The van der Waals surface area contributed by atoms with Crippen molar-refractivity contribution in [3.8, 4) is 5.75 Å². The van der Waals surface area contributed by atoms with Gasteiger partial charge in [-0.25, -0.2) is 0 Å². The van der Waals surface area contributed by atoms with E-state index in [9.17, 15) is 5.11 Å². The molecule has 0 aliphatic carbocycles. The maximum absolute atomic E-state index is 10.3. The predicted octanol–water partition coefficient (Wildman–Crippen LogP) is 3.99. The molecule has 0 aliphatic rings. The molecule has 1 aromatic carbocycles. The van der Waals surface area contributed by atoms with Gasteiger partial charge in [-0.15, -0.1) is 0 Å². The van der Waals surface area contributed by atoms with E-state index < -0.39 is 6.10 Å². The molecule has 3 N–H and O–H groups in total. The number of ether oxygens (including phenoxy) is 1. The summed E-state index contributed by atoms with van der Waals surface area (Å²) in [4.78, 5) is 0. The van der Waals surface area contributed by atoms with Gasteiger partial charge in [-0.3, -0.25) is 0 Å². The number of benzene rings is 1. The van der Waals surface area contributed by atoms with Crippen molar-refractivity contribution in [2.75, 3.05) is 6.61 Å². The molecule has 0 amide bonds. The summed E-state index contributed by atoms with van der Waals surface area (Å²) in [5, 5.41) is 10.3. The highest BCUT2D eigenvalue weighted by Crippen LogP contribution is 2.34. The predicted molar refractivity (Wildman–Crippen MR) is 93.7 cm³/mol. The van der Waals surface area contributed by atoms with Gasteiger partial charge in [-0.1, -0.05) is 20.3 Å². The summed E-state index contributed by atoms with van der Waals surface area (Å²) in [6.07, 6.45) is 2.14. The zero-order valence-electron chi connectivity index (χ0n) is 15.1. The summed E-state index contributed by atoms with van der Waals surface area (Å²) in [6, 6.07) is 1.99. The summed E-state index contributed by atoms with van der Waals surface area (Å²) >= 11 is 0. The van der Waals surface area contributed by atoms with Crippen molar-refractivity contribution in [2.24, 2.45) is 5.73 Å². The Labute approximate surface area is 135 Å². The van der Waals surface area contributed by atoms with Crippen LogP contribution in [0.2, 0.25) is 0 Å². The molecule has 0 saturated heterocycles. The molecule has 22 heavy (non-hydrogen) atoms. The van der Waals surface area contributed by atoms with Crippen molar-refractivity contribution >= 4 is 0 Å². The first-order valence-corrected chi connectivity index (χ1v) is 8.50. The first-order valence-electron chi connectivity index (χ1n) is 8.50. The molecule has 0 spiro atoms. The maximum Gasteiger partial charge on any atom is 0.122 e. The third-order valence-corrected chi connectivity index (χ3v) is 4.61. The Kier molecular flexibility index (Phi) is 7.37. The van der Waals surface area contributed by atoms with Crippen LogP contribution in [0.25, 0.3) is 0 Å². The van der Waals surface area contributed by atoms with Gasteiger partial charge in [0.15, 0.2) is 0 Å². The number of hydrogen-bond donors (Lipinski definition) is 2. The van der Waals surface area contributed by atoms with E-state index in [1.165, 1.54) is 22.3 Å². The third kappa shape index (κ3) is 4.47. The zero-order valence-corrected chi connectivity index (χ0v) is 15.1. The lowest BCUT2D eigenvalue weighted by atomic mass is 9.84. The topological polar surface area (TPSA) is 55.5 Å². The first kappa shape index (κ1) is 19.0.